The van der Waals surface area contributed by atoms with Crippen LogP contribution in [0.5, 0.6) is 5.75 Å². The van der Waals surface area contributed by atoms with Gasteiger partial charge in [0, 0.05) is 19.1 Å². The Balaban J connectivity index is 2.42. The highest BCUT2D eigenvalue weighted by molar-refractivity contribution is 5.27. The lowest BCUT2D eigenvalue weighted by Crippen LogP contribution is -2.36. The Kier molecular flexibility index (Phi) is 6.29. The van der Waals surface area contributed by atoms with E-state index in [1.54, 1.807) is 12.1 Å². The summed E-state index contributed by atoms with van der Waals surface area (Å²) >= 11 is 0. The van der Waals surface area contributed by atoms with Gasteiger partial charge in [-0.25, -0.2) is 0 Å². The standard InChI is InChI=1S/C14H21F3N2O/c1-4-19(3)10-11(2)18-9-12-5-7-13(8-6-12)20-14(15,16)17/h5-8,11,18H,4,9-10H2,1-3H3. The van der Waals surface area contributed by atoms with Crippen LogP contribution in [0, 0.1) is 0 Å². The Bertz CT molecular complexity index is 392. The molecule has 1 aromatic rings. The summed E-state index contributed by atoms with van der Waals surface area (Å²) in [7, 11) is 2.04. The van der Waals surface area contributed by atoms with Crippen molar-refractivity contribution in [2.45, 2.75) is 32.8 Å². The fraction of sp³-hybridized carbons (Fsp3) is 0.571. The number of rotatable bonds is 7. The molecule has 0 aromatic heterocycles. The minimum atomic E-state index is -4.64. The molecule has 0 radical (unpaired) electrons. The Labute approximate surface area is 117 Å². The van der Waals surface area contributed by atoms with E-state index < -0.39 is 6.36 Å². The molecule has 0 saturated carbocycles. The van der Waals surface area contributed by atoms with Crippen molar-refractivity contribution in [3.8, 4) is 5.75 Å². The lowest BCUT2D eigenvalue weighted by molar-refractivity contribution is -0.274. The quantitative estimate of drug-likeness (QED) is 0.835. The zero-order valence-electron chi connectivity index (χ0n) is 12.0. The van der Waals surface area contributed by atoms with Gasteiger partial charge in [0.15, 0.2) is 0 Å². The maximum atomic E-state index is 12.0. The molecule has 3 nitrogen and oxygen atoms in total. The van der Waals surface area contributed by atoms with Gasteiger partial charge in [-0.3, -0.25) is 0 Å². The normalized spacial score (nSPS) is 13.6. The third-order valence-corrected chi connectivity index (χ3v) is 2.94. The minimum Gasteiger partial charge on any atom is -0.406 e. The third kappa shape index (κ3) is 6.77. The van der Waals surface area contributed by atoms with Gasteiger partial charge in [-0.1, -0.05) is 19.1 Å². The van der Waals surface area contributed by atoms with Crippen molar-refractivity contribution in [3.05, 3.63) is 29.8 Å². The molecule has 0 heterocycles. The molecule has 114 valence electrons. The van der Waals surface area contributed by atoms with Gasteiger partial charge >= 0.3 is 6.36 Å². The maximum absolute atomic E-state index is 12.0. The molecule has 0 saturated heterocycles. The Morgan fingerprint density at radius 1 is 1.25 bits per heavy atom. The number of nitrogens with zero attached hydrogens (tertiary/aromatic N) is 1. The van der Waals surface area contributed by atoms with Gasteiger partial charge in [-0.2, -0.15) is 0 Å². The summed E-state index contributed by atoms with van der Waals surface area (Å²) in [5.41, 5.74) is 0.922. The molecule has 0 aliphatic heterocycles. The van der Waals surface area contributed by atoms with E-state index in [-0.39, 0.29) is 5.75 Å². The smallest absolute Gasteiger partial charge is 0.406 e. The first-order valence-electron chi connectivity index (χ1n) is 6.56. The predicted molar refractivity (Wildman–Crippen MR) is 72.6 cm³/mol. The zero-order chi connectivity index (χ0) is 15.2. The molecule has 1 aromatic carbocycles. The minimum absolute atomic E-state index is 0.194. The lowest BCUT2D eigenvalue weighted by Gasteiger charge is -2.20. The van der Waals surface area contributed by atoms with Crippen LogP contribution in [-0.4, -0.2) is 37.4 Å². The van der Waals surface area contributed by atoms with E-state index in [2.05, 4.69) is 28.8 Å². The first-order chi connectivity index (χ1) is 9.30. The highest BCUT2D eigenvalue weighted by atomic mass is 19.4. The van der Waals surface area contributed by atoms with Crippen molar-refractivity contribution in [1.82, 2.24) is 10.2 Å². The van der Waals surface area contributed by atoms with Gasteiger partial charge in [0.05, 0.1) is 0 Å². The van der Waals surface area contributed by atoms with Crippen LogP contribution in [0.3, 0.4) is 0 Å². The molecule has 0 aliphatic carbocycles. The molecule has 0 aliphatic rings. The molecule has 0 spiro atoms. The van der Waals surface area contributed by atoms with Gasteiger partial charge < -0.3 is 15.0 Å². The van der Waals surface area contributed by atoms with Crippen molar-refractivity contribution >= 4 is 0 Å². The van der Waals surface area contributed by atoms with Crippen LogP contribution < -0.4 is 10.1 Å². The molecule has 20 heavy (non-hydrogen) atoms. The number of hydrogen-bond acceptors (Lipinski definition) is 3. The number of hydrogen-bond donors (Lipinski definition) is 1. The Hall–Kier alpha value is -1.27. The number of nitrogens with one attached hydrogen (secondary N) is 1. The molecule has 1 unspecified atom stereocenters. The second-order valence-electron chi connectivity index (χ2n) is 4.83. The molecule has 0 fully saturated rings. The molecular formula is C14H21F3N2O. The molecule has 1 rings (SSSR count). The summed E-state index contributed by atoms with van der Waals surface area (Å²) in [6, 6.07) is 6.22. The monoisotopic (exact) mass is 290 g/mol. The Morgan fingerprint density at radius 2 is 1.85 bits per heavy atom. The Morgan fingerprint density at radius 3 is 2.35 bits per heavy atom. The van der Waals surface area contributed by atoms with E-state index in [0.29, 0.717) is 12.6 Å². The van der Waals surface area contributed by atoms with Crippen molar-refractivity contribution in [2.24, 2.45) is 0 Å². The van der Waals surface area contributed by atoms with Crippen molar-refractivity contribution < 1.29 is 17.9 Å². The number of likely N-dealkylation sites (N-methyl/N-ethyl adjacent to an activating group) is 1. The average molecular weight is 290 g/mol. The number of ether oxygens (including phenoxy) is 1. The highest BCUT2D eigenvalue weighted by Crippen LogP contribution is 2.22. The SMILES string of the molecule is CCN(C)CC(C)NCc1ccc(OC(F)(F)F)cc1. The fourth-order valence-electron chi connectivity index (χ4n) is 1.76. The van der Waals surface area contributed by atoms with E-state index >= 15 is 0 Å². The molecule has 0 bridgehead atoms. The molecule has 0 amide bonds. The molecule has 1 N–H and O–H groups in total. The van der Waals surface area contributed by atoms with E-state index in [1.807, 2.05) is 7.05 Å². The van der Waals surface area contributed by atoms with E-state index in [4.69, 9.17) is 0 Å². The van der Waals surface area contributed by atoms with Gasteiger partial charge in [-0.05, 0) is 38.2 Å². The van der Waals surface area contributed by atoms with Crippen LogP contribution in [0.25, 0.3) is 0 Å². The highest BCUT2D eigenvalue weighted by Gasteiger charge is 2.30. The van der Waals surface area contributed by atoms with Crippen LogP contribution in [-0.2, 0) is 6.54 Å². The average Bonchev–Trinajstić information content (AvgIpc) is 2.36. The fourth-order valence-corrected chi connectivity index (χ4v) is 1.76. The van der Waals surface area contributed by atoms with Crippen LogP contribution in [0.2, 0.25) is 0 Å². The first-order valence-corrected chi connectivity index (χ1v) is 6.56. The first kappa shape index (κ1) is 16.8. The predicted octanol–water partition coefficient (Wildman–Crippen LogP) is 3.02. The molecule has 1 atom stereocenters. The van der Waals surface area contributed by atoms with Crippen molar-refractivity contribution in [3.63, 3.8) is 0 Å². The largest absolute Gasteiger partial charge is 0.573 e. The molecular weight excluding hydrogens is 269 g/mol. The van der Waals surface area contributed by atoms with Crippen LogP contribution in [0.4, 0.5) is 13.2 Å². The summed E-state index contributed by atoms with van der Waals surface area (Å²) in [6.45, 7) is 6.69. The summed E-state index contributed by atoms with van der Waals surface area (Å²) in [5, 5.41) is 3.33. The second-order valence-corrected chi connectivity index (χ2v) is 4.83. The van der Waals surface area contributed by atoms with Gasteiger partial charge in [-0.15, -0.1) is 13.2 Å². The summed E-state index contributed by atoms with van der Waals surface area (Å²) < 4.78 is 39.9. The number of benzene rings is 1. The summed E-state index contributed by atoms with van der Waals surface area (Å²) in [5.74, 6) is -0.194. The van der Waals surface area contributed by atoms with Crippen LogP contribution >= 0.6 is 0 Å². The van der Waals surface area contributed by atoms with Crippen LogP contribution in [0.1, 0.15) is 19.4 Å². The van der Waals surface area contributed by atoms with E-state index in [1.165, 1.54) is 12.1 Å². The zero-order valence-corrected chi connectivity index (χ0v) is 12.0. The number of alkyl halides is 3. The van der Waals surface area contributed by atoms with Crippen molar-refractivity contribution in [2.75, 3.05) is 20.1 Å². The lowest BCUT2D eigenvalue weighted by atomic mass is 10.2. The van der Waals surface area contributed by atoms with Gasteiger partial charge in [0.1, 0.15) is 5.75 Å². The molecule has 6 heteroatoms. The maximum Gasteiger partial charge on any atom is 0.573 e. The number of halogens is 3. The summed E-state index contributed by atoms with van der Waals surface area (Å²) in [4.78, 5) is 2.19. The second kappa shape index (κ2) is 7.50. The van der Waals surface area contributed by atoms with Gasteiger partial charge in [0.25, 0.3) is 0 Å². The summed E-state index contributed by atoms with van der Waals surface area (Å²) in [6.07, 6.45) is -4.64. The van der Waals surface area contributed by atoms with Crippen molar-refractivity contribution in [1.29, 1.82) is 0 Å². The third-order valence-electron chi connectivity index (χ3n) is 2.94. The van der Waals surface area contributed by atoms with Gasteiger partial charge in [0.2, 0.25) is 0 Å². The van der Waals surface area contributed by atoms with E-state index in [0.717, 1.165) is 18.7 Å². The van der Waals surface area contributed by atoms with E-state index in [9.17, 15) is 13.2 Å². The van der Waals surface area contributed by atoms with Crippen LogP contribution in [0.15, 0.2) is 24.3 Å². The topological polar surface area (TPSA) is 24.5 Å².